The summed E-state index contributed by atoms with van der Waals surface area (Å²) in [6, 6.07) is 15.4. The molecule has 0 saturated carbocycles. The number of rotatable bonds is 9. The third-order valence-electron chi connectivity index (χ3n) is 4.93. The van der Waals surface area contributed by atoms with Gasteiger partial charge in [0.2, 0.25) is 0 Å². The summed E-state index contributed by atoms with van der Waals surface area (Å²) in [6.45, 7) is 2.28. The molecule has 0 bridgehead atoms. The molecule has 0 aromatic heterocycles. The van der Waals surface area contributed by atoms with Crippen LogP contribution in [0, 0.1) is 6.42 Å². The van der Waals surface area contributed by atoms with Crippen LogP contribution in [0.25, 0.3) is 11.1 Å². The molecule has 2 radical (unpaired) electrons. The third kappa shape index (κ3) is 4.05. The van der Waals surface area contributed by atoms with Crippen LogP contribution in [0.5, 0.6) is 0 Å². The van der Waals surface area contributed by atoms with Crippen LogP contribution in [-0.4, -0.2) is 0 Å². The zero-order valence-corrected chi connectivity index (χ0v) is 14.4. The summed E-state index contributed by atoms with van der Waals surface area (Å²) < 4.78 is 0. The van der Waals surface area contributed by atoms with Crippen LogP contribution < -0.4 is 0 Å². The molecule has 2 aromatic carbocycles. The standard InChI is InChI=1S/C23H28/c1-2-3-4-5-6-7-8-9-13-19-15-12-17-22-21-16-11-10-14-20(21)18-23(19)22/h10-12,14-17H,2-9,13H2,1H3. The molecule has 0 N–H and O–H groups in total. The topological polar surface area (TPSA) is 0 Å². The molecule has 3 rings (SSSR count). The Bertz CT molecular complexity index is 624. The SMILES string of the molecule is CCCCCCCCCCc1cccc2c1[C]c1ccccc1-2. The van der Waals surface area contributed by atoms with E-state index in [1.54, 1.807) is 0 Å². The van der Waals surface area contributed by atoms with E-state index in [0.29, 0.717) is 0 Å². The zero-order valence-electron chi connectivity index (χ0n) is 14.4. The molecule has 0 nitrogen and oxygen atoms in total. The molecule has 0 heteroatoms. The Morgan fingerprint density at radius 2 is 1.39 bits per heavy atom. The van der Waals surface area contributed by atoms with E-state index in [1.165, 1.54) is 85.6 Å². The first kappa shape index (κ1) is 16.3. The summed E-state index contributed by atoms with van der Waals surface area (Å²) in [5.41, 5.74) is 6.80. The van der Waals surface area contributed by atoms with E-state index in [2.05, 4.69) is 55.8 Å². The van der Waals surface area contributed by atoms with Crippen LogP contribution in [-0.2, 0) is 6.42 Å². The summed E-state index contributed by atoms with van der Waals surface area (Å²) in [4.78, 5) is 0. The minimum absolute atomic E-state index is 1.19. The maximum absolute atomic E-state index is 3.62. The van der Waals surface area contributed by atoms with Crippen molar-refractivity contribution in [1.29, 1.82) is 0 Å². The van der Waals surface area contributed by atoms with Gasteiger partial charge in [-0.1, -0.05) is 94.3 Å². The van der Waals surface area contributed by atoms with Gasteiger partial charge in [0.05, 0.1) is 6.42 Å². The number of hydrogen-bond acceptors (Lipinski definition) is 0. The van der Waals surface area contributed by atoms with E-state index in [1.807, 2.05) is 0 Å². The van der Waals surface area contributed by atoms with Gasteiger partial charge in [-0.2, -0.15) is 0 Å². The van der Waals surface area contributed by atoms with Crippen molar-refractivity contribution in [3.05, 3.63) is 65.6 Å². The van der Waals surface area contributed by atoms with Gasteiger partial charge in [0.25, 0.3) is 0 Å². The fourth-order valence-corrected chi connectivity index (χ4v) is 3.59. The van der Waals surface area contributed by atoms with E-state index >= 15 is 0 Å². The number of aryl methyl sites for hydroxylation is 1. The van der Waals surface area contributed by atoms with Gasteiger partial charge in [0.1, 0.15) is 0 Å². The molecule has 0 saturated heterocycles. The summed E-state index contributed by atoms with van der Waals surface area (Å²) in [5, 5.41) is 0. The van der Waals surface area contributed by atoms with Gasteiger partial charge in [-0.3, -0.25) is 0 Å². The second-order valence-electron chi connectivity index (χ2n) is 6.74. The molecular formula is C23H28. The second kappa shape index (κ2) is 8.34. The fourth-order valence-electron chi connectivity index (χ4n) is 3.59. The second-order valence-corrected chi connectivity index (χ2v) is 6.74. The molecule has 0 spiro atoms. The molecule has 0 atom stereocenters. The summed E-state index contributed by atoms with van der Waals surface area (Å²) in [5.74, 6) is 0. The number of fused-ring (bicyclic) bond motifs is 3. The summed E-state index contributed by atoms with van der Waals surface area (Å²) >= 11 is 0. The van der Waals surface area contributed by atoms with E-state index < -0.39 is 0 Å². The largest absolute Gasteiger partial charge is 0.0654 e. The van der Waals surface area contributed by atoms with Gasteiger partial charge >= 0.3 is 0 Å². The first-order valence-electron chi connectivity index (χ1n) is 9.38. The van der Waals surface area contributed by atoms with Crippen LogP contribution in [0.1, 0.15) is 75.0 Å². The van der Waals surface area contributed by atoms with Crippen molar-refractivity contribution < 1.29 is 0 Å². The molecule has 23 heavy (non-hydrogen) atoms. The van der Waals surface area contributed by atoms with Crippen molar-refractivity contribution in [3.8, 4) is 11.1 Å². The van der Waals surface area contributed by atoms with Crippen molar-refractivity contribution in [2.24, 2.45) is 0 Å². The van der Waals surface area contributed by atoms with E-state index in [9.17, 15) is 0 Å². The smallest absolute Gasteiger partial charge is 0.0517 e. The number of hydrogen-bond donors (Lipinski definition) is 0. The van der Waals surface area contributed by atoms with Crippen molar-refractivity contribution >= 4 is 0 Å². The molecule has 0 fully saturated rings. The zero-order chi connectivity index (χ0) is 15.9. The van der Waals surface area contributed by atoms with Crippen molar-refractivity contribution in [2.45, 2.75) is 64.7 Å². The first-order chi connectivity index (χ1) is 11.4. The Kier molecular flexibility index (Phi) is 5.91. The molecule has 120 valence electrons. The van der Waals surface area contributed by atoms with Crippen LogP contribution in [0.4, 0.5) is 0 Å². The molecule has 0 aliphatic heterocycles. The lowest BCUT2D eigenvalue weighted by molar-refractivity contribution is 0.575. The normalized spacial score (nSPS) is 12.2. The highest BCUT2D eigenvalue weighted by Gasteiger charge is 2.20. The van der Waals surface area contributed by atoms with E-state index in [-0.39, 0.29) is 0 Å². The predicted octanol–water partition coefficient (Wildman–Crippen LogP) is 6.83. The van der Waals surface area contributed by atoms with Crippen molar-refractivity contribution in [2.75, 3.05) is 0 Å². The Morgan fingerprint density at radius 3 is 2.22 bits per heavy atom. The average molecular weight is 304 g/mol. The average Bonchev–Trinajstić information content (AvgIpc) is 2.97. The van der Waals surface area contributed by atoms with E-state index in [0.717, 1.165) is 0 Å². The molecule has 0 unspecified atom stereocenters. The quantitative estimate of drug-likeness (QED) is 0.380. The lowest BCUT2D eigenvalue weighted by atomic mass is 9.96. The van der Waals surface area contributed by atoms with Crippen LogP contribution in [0.15, 0.2) is 42.5 Å². The Morgan fingerprint density at radius 1 is 0.696 bits per heavy atom. The molecule has 0 heterocycles. The van der Waals surface area contributed by atoms with Gasteiger partial charge in [0, 0.05) is 0 Å². The first-order valence-corrected chi connectivity index (χ1v) is 9.38. The Balaban J connectivity index is 1.49. The van der Waals surface area contributed by atoms with Gasteiger partial charge in [-0.05, 0) is 40.7 Å². The van der Waals surface area contributed by atoms with Crippen LogP contribution >= 0.6 is 0 Å². The maximum atomic E-state index is 3.62. The predicted molar refractivity (Wildman–Crippen MR) is 99.6 cm³/mol. The highest BCUT2D eigenvalue weighted by molar-refractivity contribution is 5.82. The lowest BCUT2D eigenvalue weighted by Gasteiger charge is -2.08. The lowest BCUT2D eigenvalue weighted by Crippen LogP contribution is -1.92. The maximum Gasteiger partial charge on any atom is 0.0517 e. The highest BCUT2D eigenvalue weighted by Crippen LogP contribution is 2.39. The van der Waals surface area contributed by atoms with Gasteiger partial charge in [-0.15, -0.1) is 0 Å². The van der Waals surface area contributed by atoms with Crippen LogP contribution in [0.3, 0.4) is 0 Å². The molecular weight excluding hydrogens is 276 g/mol. The Hall–Kier alpha value is -1.56. The van der Waals surface area contributed by atoms with Gasteiger partial charge in [-0.25, -0.2) is 0 Å². The van der Waals surface area contributed by atoms with Crippen molar-refractivity contribution in [1.82, 2.24) is 0 Å². The molecule has 1 aliphatic carbocycles. The molecule has 2 aromatic rings. The van der Waals surface area contributed by atoms with Gasteiger partial charge < -0.3 is 0 Å². The molecule has 1 aliphatic rings. The van der Waals surface area contributed by atoms with Crippen molar-refractivity contribution in [3.63, 3.8) is 0 Å². The minimum Gasteiger partial charge on any atom is -0.0654 e. The monoisotopic (exact) mass is 304 g/mol. The number of benzene rings is 2. The molecule has 0 amide bonds. The minimum atomic E-state index is 1.19. The van der Waals surface area contributed by atoms with Gasteiger partial charge in [0.15, 0.2) is 0 Å². The van der Waals surface area contributed by atoms with Crippen LogP contribution in [0.2, 0.25) is 0 Å². The Labute approximate surface area is 141 Å². The summed E-state index contributed by atoms with van der Waals surface area (Å²) in [7, 11) is 0. The number of unbranched alkanes of at least 4 members (excludes halogenated alkanes) is 7. The van der Waals surface area contributed by atoms with E-state index in [4.69, 9.17) is 0 Å². The highest BCUT2D eigenvalue weighted by atomic mass is 14.2. The third-order valence-corrected chi connectivity index (χ3v) is 4.93. The summed E-state index contributed by atoms with van der Waals surface area (Å²) in [6.07, 6.45) is 15.9. The fraction of sp³-hybridized carbons (Fsp3) is 0.435.